The predicted octanol–water partition coefficient (Wildman–Crippen LogP) is 3.27. The molecular formula is C16H17FN2O. The number of hydrogen-bond acceptors (Lipinski definition) is 2. The molecule has 1 N–H and O–H groups in total. The molecule has 0 spiro atoms. The molecule has 0 saturated carbocycles. The van der Waals surface area contributed by atoms with Gasteiger partial charge in [0.1, 0.15) is 0 Å². The Morgan fingerprint density at radius 3 is 2.55 bits per heavy atom. The van der Waals surface area contributed by atoms with E-state index in [1.165, 1.54) is 17.8 Å². The molecule has 0 unspecified atom stereocenters. The van der Waals surface area contributed by atoms with Crippen molar-refractivity contribution < 1.29 is 9.18 Å². The van der Waals surface area contributed by atoms with E-state index in [0.29, 0.717) is 12.5 Å². The van der Waals surface area contributed by atoms with Crippen LogP contribution in [0.4, 0.5) is 4.39 Å². The molecule has 0 aliphatic carbocycles. The lowest BCUT2D eigenvalue weighted by atomic mass is 10.0. The van der Waals surface area contributed by atoms with E-state index >= 15 is 0 Å². The van der Waals surface area contributed by atoms with E-state index in [2.05, 4.69) is 36.3 Å². The van der Waals surface area contributed by atoms with Crippen LogP contribution in [0.3, 0.4) is 0 Å². The number of halogens is 1. The standard InChI is InChI=1S/C16H17FN2O/c1-11(2)13-5-3-12(4-6-13)10-19-16(20)14-7-8-18-15(17)9-14/h3-9,11H,10H2,1-2H3,(H,19,20). The minimum Gasteiger partial charge on any atom is -0.348 e. The molecule has 0 aliphatic heterocycles. The Morgan fingerprint density at radius 2 is 1.95 bits per heavy atom. The highest BCUT2D eigenvalue weighted by molar-refractivity contribution is 5.93. The number of nitrogens with one attached hydrogen (secondary N) is 1. The first kappa shape index (κ1) is 14.2. The quantitative estimate of drug-likeness (QED) is 0.868. The van der Waals surface area contributed by atoms with Crippen LogP contribution in [0.15, 0.2) is 42.6 Å². The summed E-state index contributed by atoms with van der Waals surface area (Å²) in [5.41, 5.74) is 2.55. The topological polar surface area (TPSA) is 42.0 Å². The minimum atomic E-state index is -0.654. The molecule has 0 radical (unpaired) electrons. The molecule has 2 aromatic rings. The first-order chi connectivity index (χ1) is 9.56. The normalized spacial score (nSPS) is 10.6. The Bertz CT molecular complexity index is 594. The summed E-state index contributed by atoms with van der Waals surface area (Å²) in [6.07, 6.45) is 1.28. The van der Waals surface area contributed by atoms with Gasteiger partial charge in [0.2, 0.25) is 5.95 Å². The zero-order valence-electron chi connectivity index (χ0n) is 11.6. The molecule has 1 aromatic heterocycles. The average Bonchev–Trinajstić information content (AvgIpc) is 2.45. The van der Waals surface area contributed by atoms with Gasteiger partial charge < -0.3 is 5.32 Å². The van der Waals surface area contributed by atoms with Crippen molar-refractivity contribution in [2.75, 3.05) is 0 Å². The number of rotatable bonds is 4. The summed E-state index contributed by atoms with van der Waals surface area (Å²) in [5.74, 6) is -0.475. The maximum absolute atomic E-state index is 12.9. The van der Waals surface area contributed by atoms with Gasteiger partial charge in [-0.15, -0.1) is 0 Å². The van der Waals surface area contributed by atoms with E-state index in [1.807, 2.05) is 12.1 Å². The van der Waals surface area contributed by atoms with Crippen LogP contribution in [0.5, 0.6) is 0 Å². The fourth-order valence-electron chi connectivity index (χ4n) is 1.85. The van der Waals surface area contributed by atoms with Crippen LogP contribution in [0.25, 0.3) is 0 Å². The summed E-state index contributed by atoms with van der Waals surface area (Å²) in [7, 11) is 0. The van der Waals surface area contributed by atoms with E-state index in [1.54, 1.807) is 0 Å². The highest BCUT2D eigenvalue weighted by Gasteiger charge is 2.06. The van der Waals surface area contributed by atoms with Crippen molar-refractivity contribution in [1.29, 1.82) is 0 Å². The van der Waals surface area contributed by atoms with Gasteiger partial charge in [-0.25, -0.2) is 4.98 Å². The molecule has 4 heteroatoms. The summed E-state index contributed by atoms with van der Waals surface area (Å²) < 4.78 is 12.9. The molecule has 2 rings (SSSR count). The summed E-state index contributed by atoms with van der Waals surface area (Å²) in [6, 6.07) is 10.7. The Labute approximate surface area is 117 Å². The first-order valence-electron chi connectivity index (χ1n) is 6.55. The molecule has 0 atom stereocenters. The fourth-order valence-corrected chi connectivity index (χ4v) is 1.85. The smallest absolute Gasteiger partial charge is 0.251 e. The molecule has 0 aliphatic rings. The second kappa shape index (κ2) is 6.28. The Kier molecular flexibility index (Phi) is 4.45. The van der Waals surface area contributed by atoms with Crippen molar-refractivity contribution in [2.45, 2.75) is 26.3 Å². The number of aromatic nitrogens is 1. The predicted molar refractivity (Wildman–Crippen MR) is 75.9 cm³/mol. The average molecular weight is 272 g/mol. The molecule has 20 heavy (non-hydrogen) atoms. The van der Waals surface area contributed by atoms with E-state index in [0.717, 1.165) is 11.6 Å². The molecule has 0 fully saturated rings. The molecular weight excluding hydrogens is 255 g/mol. The van der Waals surface area contributed by atoms with Gasteiger partial charge in [0.25, 0.3) is 5.91 Å². The second-order valence-electron chi connectivity index (χ2n) is 4.95. The van der Waals surface area contributed by atoms with E-state index in [4.69, 9.17) is 0 Å². The number of hydrogen-bond donors (Lipinski definition) is 1. The van der Waals surface area contributed by atoms with Crippen molar-refractivity contribution in [3.63, 3.8) is 0 Å². The van der Waals surface area contributed by atoms with Crippen LogP contribution < -0.4 is 5.32 Å². The van der Waals surface area contributed by atoms with Gasteiger partial charge in [-0.1, -0.05) is 38.1 Å². The first-order valence-corrected chi connectivity index (χ1v) is 6.55. The fraction of sp³-hybridized carbons (Fsp3) is 0.250. The molecule has 3 nitrogen and oxygen atoms in total. The minimum absolute atomic E-state index is 0.274. The SMILES string of the molecule is CC(C)c1ccc(CNC(=O)c2ccnc(F)c2)cc1. The van der Waals surface area contributed by atoms with Crippen LogP contribution in [0, 0.1) is 5.95 Å². The molecule has 0 saturated heterocycles. The van der Waals surface area contributed by atoms with Crippen LogP contribution in [-0.2, 0) is 6.54 Å². The van der Waals surface area contributed by atoms with Crippen LogP contribution in [0.1, 0.15) is 41.3 Å². The van der Waals surface area contributed by atoms with Gasteiger partial charge in [0.15, 0.2) is 0 Å². The largest absolute Gasteiger partial charge is 0.348 e. The molecule has 1 aromatic carbocycles. The molecule has 104 valence electrons. The lowest BCUT2D eigenvalue weighted by Gasteiger charge is -2.08. The Hall–Kier alpha value is -2.23. The zero-order chi connectivity index (χ0) is 14.5. The van der Waals surface area contributed by atoms with E-state index in [9.17, 15) is 9.18 Å². The van der Waals surface area contributed by atoms with Gasteiger partial charge in [-0.3, -0.25) is 4.79 Å². The van der Waals surface area contributed by atoms with Crippen molar-refractivity contribution in [2.24, 2.45) is 0 Å². The number of amides is 1. The summed E-state index contributed by atoms with van der Waals surface area (Å²) in [4.78, 5) is 15.3. The van der Waals surface area contributed by atoms with Crippen LogP contribution in [-0.4, -0.2) is 10.9 Å². The van der Waals surface area contributed by atoms with Gasteiger partial charge in [0, 0.05) is 24.4 Å². The third-order valence-corrected chi connectivity index (χ3v) is 3.09. The third-order valence-electron chi connectivity index (χ3n) is 3.09. The van der Waals surface area contributed by atoms with Crippen LogP contribution in [0.2, 0.25) is 0 Å². The van der Waals surface area contributed by atoms with Gasteiger partial charge >= 0.3 is 0 Å². The Balaban J connectivity index is 1.96. The zero-order valence-corrected chi connectivity index (χ0v) is 11.6. The number of carbonyl (C=O) groups is 1. The lowest BCUT2D eigenvalue weighted by Crippen LogP contribution is -2.22. The third kappa shape index (κ3) is 3.63. The van der Waals surface area contributed by atoms with Crippen LogP contribution >= 0.6 is 0 Å². The highest BCUT2D eigenvalue weighted by Crippen LogP contribution is 2.14. The number of benzene rings is 1. The summed E-state index contributed by atoms with van der Waals surface area (Å²) in [6.45, 7) is 4.69. The van der Waals surface area contributed by atoms with Crippen molar-refractivity contribution >= 4 is 5.91 Å². The summed E-state index contributed by atoms with van der Waals surface area (Å²) >= 11 is 0. The number of carbonyl (C=O) groups excluding carboxylic acids is 1. The van der Waals surface area contributed by atoms with E-state index in [-0.39, 0.29) is 11.5 Å². The molecule has 1 amide bonds. The second-order valence-corrected chi connectivity index (χ2v) is 4.95. The van der Waals surface area contributed by atoms with Crippen molar-refractivity contribution in [3.05, 3.63) is 65.2 Å². The molecule has 0 bridgehead atoms. The number of pyridine rings is 1. The maximum atomic E-state index is 12.9. The van der Waals surface area contributed by atoms with Crippen molar-refractivity contribution in [3.8, 4) is 0 Å². The highest BCUT2D eigenvalue weighted by atomic mass is 19.1. The van der Waals surface area contributed by atoms with Gasteiger partial charge in [0.05, 0.1) is 0 Å². The molecule has 1 heterocycles. The lowest BCUT2D eigenvalue weighted by molar-refractivity contribution is 0.0950. The Morgan fingerprint density at radius 1 is 1.25 bits per heavy atom. The number of nitrogens with zero attached hydrogens (tertiary/aromatic N) is 1. The van der Waals surface area contributed by atoms with E-state index < -0.39 is 5.95 Å². The van der Waals surface area contributed by atoms with Gasteiger partial charge in [-0.05, 0) is 23.1 Å². The monoisotopic (exact) mass is 272 g/mol. The van der Waals surface area contributed by atoms with Crippen molar-refractivity contribution in [1.82, 2.24) is 10.3 Å². The maximum Gasteiger partial charge on any atom is 0.251 e. The van der Waals surface area contributed by atoms with Gasteiger partial charge in [-0.2, -0.15) is 4.39 Å². The summed E-state index contributed by atoms with van der Waals surface area (Å²) in [5, 5.41) is 2.76.